The Morgan fingerprint density at radius 1 is 1.05 bits per heavy atom. The Morgan fingerprint density at radius 3 is 2.45 bits per heavy atom. The molecule has 2 aromatic rings. The molecule has 3 heteroatoms. The number of benzene rings is 2. The zero-order valence-corrected chi connectivity index (χ0v) is 13.4. The predicted octanol–water partition coefficient (Wildman–Crippen LogP) is 3.72. The van der Waals surface area contributed by atoms with Crippen molar-refractivity contribution in [1.82, 2.24) is 4.90 Å². The molecule has 0 spiro atoms. The Morgan fingerprint density at radius 2 is 1.77 bits per heavy atom. The molecule has 22 heavy (non-hydrogen) atoms. The molecule has 118 valence electrons. The molecule has 0 aliphatic carbocycles. The Kier molecular flexibility index (Phi) is 4.96. The van der Waals surface area contributed by atoms with Crippen LogP contribution in [0.25, 0.3) is 10.8 Å². The minimum absolute atomic E-state index is 0.235. The third-order valence-corrected chi connectivity index (χ3v) is 4.79. The SMILES string of the molecule is COc1ccc2ccccc2c1C(CN)N1CCCCCC1. The van der Waals surface area contributed by atoms with Crippen LogP contribution in [0.2, 0.25) is 0 Å². The van der Waals surface area contributed by atoms with Crippen LogP contribution in [0.5, 0.6) is 5.75 Å². The quantitative estimate of drug-likeness (QED) is 0.935. The molecule has 0 amide bonds. The summed E-state index contributed by atoms with van der Waals surface area (Å²) in [7, 11) is 1.75. The number of rotatable bonds is 4. The average molecular weight is 298 g/mol. The third-order valence-electron chi connectivity index (χ3n) is 4.79. The summed E-state index contributed by atoms with van der Waals surface area (Å²) in [6, 6.07) is 13.0. The summed E-state index contributed by atoms with van der Waals surface area (Å²) >= 11 is 0. The molecule has 1 aliphatic rings. The van der Waals surface area contributed by atoms with Gasteiger partial charge >= 0.3 is 0 Å². The first kappa shape index (κ1) is 15.3. The largest absolute Gasteiger partial charge is 0.496 e. The van der Waals surface area contributed by atoms with Gasteiger partial charge in [0.15, 0.2) is 0 Å². The van der Waals surface area contributed by atoms with Crippen LogP contribution < -0.4 is 10.5 Å². The molecular formula is C19H26N2O. The molecule has 0 radical (unpaired) electrons. The summed E-state index contributed by atoms with van der Waals surface area (Å²) < 4.78 is 5.68. The van der Waals surface area contributed by atoms with Gasteiger partial charge in [-0.15, -0.1) is 0 Å². The van der Waals surface area contributed by atoms with Gasteiger partial charge in [0, 0.05) is 12.1 Å². The van der Waals surface area contributed by atoms with Crippen molar-refractivity contribution in [3.05, 3.63) is 42.0 Å². The van der Waals surface area contributed by atoms with Gasteiger partial charge in [0.05, 0.1) is 13.2 Å². The Labute approximate surface area is 133 Å². The number of hydrogen-bond acceptors (Lipinski definition) is 3. The molecule has 3 nitrogen and oxygen atoms in total. The lowest BCUT2D eigenvalue weighted by Gasteiger charge is -2.31. The monoisotopic (exact) mass is 298 g/mol. The molecule has 0 saturated carbocycles. The molecule has 3 rings (SSSR count). The molecule has 1 fully saturated rings. The van der Waals surface area contributed by atoms with Crippen LogP contribution >= 0.6 is 0 Å². The highest BCUT2D eigenvalue weighted by Gasteiger charge is 2.24. The van der Waals surface area contributed by atoms with Gasteiger partial charge in [-0.3, -0.25) is 4.90 Å². The normalized spacial score (nSPS) is 18.1. The van der Waals surface area contributed by atoms with Gasteiger partial charge in [0.2, 0.25) is 0 Å². The van der Waals surface area contributed by atoms with Crippen molar-refractivity contribution in [2.75, 3.05) is 26.7 Å². The summed E-state index contributed by atoms with van der Waals surface area (Å²) in [6.45, 7) is 2.90. The number of methoxy groups -OCH3 is 1. The van der Waals surface area contributed by atoms with E-state index >= 15 is 0 Å². The van der Waals surface area contributed by atoms with Crippen LogP contribution in [-0.2, 0) is 0 Å². The first-order chi connectivity index (χ1) is 10.8. The maximum atomic E-state index is 6.20. The molecule has 2 aromatic carbocycles. The van der Waals surface area contributed by atoms with E-state index in [1.807, 2.05) is 0 Å². The van der Waals surface area contributed by atoms with Gasteiger partial charge in [-0.2, -0.15) is 0 Å². The van der Waals surface area contributed by atoms with E-state index in [2.05, 4.69) is 41.3 Å². The van der Waals surface area contributed by atoms with E-state index < -0.39 is 0 Å². The Bertz CT molecular complexity index is 618. The molecule has 1 unspecified atom stereocenters. The van der Waals surface area contributed by atoms with E-state index in [1.165, 1.54) is 42.0 Å². The highest BCUT2D eigenvalue weighted by Crippen LogP contribution is 2.36. The van der Waals surface area contributed by atoms with Gasteiger partial charge < -0.3 is 10.5 Å². The first-order valence-corrected chi connectivity index (χ1v) is 8.35. The lowest BCUT2D eigenvalue weighted by Crippen LogP contribution is -2.35. The highest BCUT2D eigenvalue weighted by atomic mass is 16.5. The zero-order chi connectivity index (χ0) is 15.4. The minimum atomic E-state index is 0.235. The summed E-state index contributed by atoms with van der Waals surface area (Å²) in [6.07, 6.45) is 5.20. The number of ether oxygens (including phenoxy) is 1. The fourth-order valence-corrected chi connectivity index (χ4v) is 3.65. The molecule has 2 N–H and O–H groups in total. The Balaban J connectivity index is 2.08. The Hall–Kier alpha value is -1.58. The topological polar surface area (TPSA) is 38.5 Å². The molecule has 0 aromatic heterocycles. The van der Waals surface area contributed by atoms with E-state index in [4.69, 9.17) is 10.5 Å². The fraction of sp³-hybridized carbons (Fsp3) is 0.474. The van der Waals surface area contributed by atoms with Crippen LogP contribution in [0.3, 0.4) is 0 Å². The van der Waals surface area contributed by atoms with Crippen molar-refractivity contribution in [2.45, 2.75) is 31.7 Å². The average Bonchev–Trinajstić information content (AvgIpc) is 2.85. The number of hydrogen-bond donors (Lipinski definition) is 1. The van der Waals surface area contributed by atoms with E-state index in [0.29, 0.717) is 6.54 Å². The zero-order valence-electron chi connectivity index (χ0n) is 13.4. The van der Waals surface area contributed by atoms with Gasteiger partial charge in [0.1, 0.15) is 5.75 Å². The van der Waals surface area contributed by atoms with Crippen LogP contribution in [0.4, 0.5) is 0 Å². The van der Waals surface area contributed by atoms with E-state index in [9.17, 15) is 0 Å². The molecule has 1 aliphatic heterocycles. The number of nitrogens with zero attached hydrogens (tertiary/aromatic N) is 1. The smallest absolute Gasteiger partial charge is 0.124 e. The number of likely N-dealkylation sites (tertiary alicyclic amines) is 1. The summed E-state index contributed by atoms with van der Waals surface area (Å²) in [5, 5.41) is 2.52. The molecular weight excluding hydrogens is 272 g/mol. The summed E-state index contributed by atoms with van der Waals surface area (Å²) in [5.74, 6) is 0.957. The lowest BCUT2D eigenvalue weighted by atomic mass is 9.96. The summed E-state index contributed by atoms with van der Waals surface area (Å²) in [4.78, 5) is 2.55. The van der Waals surface area contributed by atoms with Crippen LogP contribution in [0.1, 0.15) is 37.3 Å². The van der Waals surface area contributed by atoms with E-state index in [-0.39, 0.29) is 6.04 Å². The third kappa shape index (κ3) is 2.96. The maximum absolute atomic E-state index is 6.20. The second-order valence-electron chi connectivity index (χ2n) is 6.10. The van der Waals surface area contributed by atoms with E-state index in [1.54, 1.807) is 7.11 Å². The lowest BCUT2D eigenvalue weighted by molar-refractivity contribution is 0.207. The van der Waals surface area contributed by atoms with Gasteiger partial charge in [-0.25, -0.2) is 0 Å². The van der Waals surface area contributed by atoms with Crippen LogP contribution in [-0.4, -0.2) is 31.6 Å². The van der Waals surface area contributed by atoms with Gasteiger partial charge in [0.25, 0.3) is 0 Å². The summed E-state index contributed by atoms with van der Waals surface area (Å²) in [5.41, 5.74) is 7.46. The molecule has 1 heterocycles. The van der Waals surface area contributed by atoms with Crippen molar-refractivity contribution in [3.8, 4) is 5.75 Å². The first-order valence-electron chi connectivity index (χ1n) is 8.35. The standard InChI is InChI=1S/C19H26N2O/c1-22-18-11-10-15-8-4-5-9-16(15)19(18)17(14-20)21-12-6-2-3-7-13-21/h4-5,8-11,17H,2-3,6-7,12-14,20H2,1H3. The molecule has 0 bridgehead atoms. The predicted molar refractivity (Wildman–Crippen MR) is 92.3 cm³/mol. The van der Waals surface area contributed by atoms with Crippen molar-refractivity contribution in [2.24, 2.45) is 5.73 Å². The van der Waals surface area contributed by atoms with Gasteiger partial charge in [-0.05, 0) is 42.8 Å². The second-order valence-corrected chi connectivity index (χ2v) is 6.10. The minimum Gasteiger partial charge on any atom is -0.496 e. The van der Waals surface area contributed by atoms with Crippen LogP contribution in [0, 0.1) is 0 Å². The molecule has 1 atom stereocenters. The van der Waals surface area contributed by atoms with Crippen LogP contribution in [0.15, 0.2) is 36.4 Å². The fourth-order valence-electron chi connectivity index (χ4n) is 3.65. The van der Waals surface area contributed by atoms with Crippen molar-refractivity contribution < 1.29 is 4.74 Å². The highest BCUT2D eigenvalue weighted by molar-refractivity contribution is 5.88. The van der Waals surface area contributed by atoms with Crippen molar-refractivity contribution in [3.63, 3.8) is 0 Å². The second kappa shape index (κ2) is 7.12. The number of fused-ring (bicyclic) bond motifs is 1. The van der Waals surface area contributed by atoms with Gasteiger partial charge in [-0.1, -0.05) is 43.2 Å². The van der Waals surface area contributed by atoms with Crippen molar-refractivity contribution in [1.29, 1.82) is 0 Å². The van der Waals surface area contributed by atoms with Crippen molar-refractivity contribution >= 4 is 10.8 Å². The molecule has 1 saturated heterocycles. The maximum Gasteiger partial charge on any atom is 0.124 e. The number of nitrogens with two attached hydrogens (primary N) is 1. The van der Waals surface area contributed by atoms with E-state index in [0.717, 1.165) is 18.8 Å².